The van der Waals surface area contributed by atoms with Gasteiger partial charge in [0.2, 0.25) is 0 Å². The maximum atomic E-state index is 5.13. The Kier molecular flexibility index (Phi) is 28.5. The van der Waals surface area contributed by atoms with Crippen molar-refractivity contribution in [3.05, 3.63) is 420 Å². The molecule has 0 saturated heterocycles. The molecule has 0 spiro atoms. The second-order valence-corrected chi connectivity index (χ2v) is 49.9. The summed E-state index contributed by atoms with van der Waals surface area (Å²) in [7, 11) is 4.27. The second-order valence-electron chi connectivity index (χ2n) is 49.9. The summed E-state index contributed by atoms with van der Waals surface area (Å²) in [6, 6.07) is 128. The first-order valence-electron chi connectivity index (χ1n) is 52.0. The van der Waals surface area contributed by atoms with Crippen LogP contribution < -0.4 is 29.4 Å². The molecule has 0 unspecified atom stereocenters. The molecule has 6 heterocycles. The van der Waals surface area contributed by atoms with Gasteiger partial charge in [-0.05, 0) is 222 Å². The third-order valence-corrected chi connectivity index (χ3v) is 30.3. The van der Waals surface area contributed by atoms with Gasteiger partial charge in [-0.15, -0.1) is 102 Å². The van der Waals surface area contributed by atoms with E-state index < -0.39 is 0 Å². The Bertz CT molecular complexity index is 7900. The van der Waals surface area contributed by atoms with Crippen LogP contribution in [0.15, 0.2) is 316 Å². The van der Waals surface area contributed by atoms with Crippen molar-refractivity contribution in [2.75, 3.05) is 43.5 Å². The summed E-state index contributed by atoms with van der Waals surface area (Å²) in [5, 5.41) is 4.57. The number of hydrogen-bond donors (Lipinski definition) is 0. The van der Waals surface area contributed by atoms with Crippen LogP contribution in [0.1, 0.15) is 261 Å². The van der Waals surface area contributed by atoms with Crippen LogP contribution in [0.5, 0.6) is 0 Å². The molecule has 0 fully saturated rings. The molecule has 14 aromatic carbocycles. The standard InChI is InChI=1S/2C68H72N5.2Pt/c1-64(2,3)49-34-46(35-50(37-49)65(4,5)6)45-28-31-59-58(36-45)57-30-29-54(43-62(57)73(59)63-41-48(32-33-69-63)68(13,14)47-22-17-16-18-23-47)70(15)53-24-21-25-55(42-53)71-44-72(61-27-20-19-26-60(61)71)56-39-51(66(7,8)9)38-52(40-56)67(10,11)12;1-64(2,3)47-28-25-45(26-29-47)46-27-32-59-58(35-46)57-31-30-53(43-62(57)73(59)63-41-49(33-34-69-63)68(13,14)48-21-17-16-18-22-48)70(15)54-37-52(67(10,11)12)40-56(42-54)72-44-71(60-23-19-20-24-61(60)72)55-38-50(65(4,5)6)36-51(39-55)66(7,8)9;;/h2*16-41,44H,1-15H3;;/q2*-3;;. The van der Waals surface area contributed by atoms with E-state index in [9.17, 15) is 0 Å². The predicted octanol–water partition coefficient (Wildman–Crippen LogP) is 36.3. The molecule has 0 aliphatic carbocycles. The molecule has 12 heteroatoms. The Morgan fingerprint density at radius 3 is 0.953 bits per heavy atom. The average molecular weight is 2310 g/mol. The van der Waals surface area contributed by atoms with E-state index in [4.69, 9.17) is 9.97 Å². The SMILES string of the molecule is CN(c1[c-]c(N2[CH-]N(c3cc(C(C)(C)C)cc(C(C)(C)C)c3)c3ccccc32)ccc1)c1[c-]c2c(cc1)c1cc(-c3cc(C(C)(C)C)cc(C(C)(C)C)c3)ccc1n2-c1cc(C(C)(C)c2ccccc2)ccn1.CN(c1[c-]c2c(cc1)c1cc(-c3ccc(C(C)(C)C)cc3)ccc1n2-c1cc(C(C)(C)c2ccccc2)ccn1)c1[c-]c(N2[CH-]N(c3cc(C(C)(C)C)cc(C(C)(C)C)c3)c3ccccc32)cc(C(C)(C)C)c1.[Pt].[Pt]. The van der Waals surface area contributed by atoms with Crippen molar-refractivity contribution in [2.24, 2.45) is 0 Å². The van der Waals surface area contributed by atoms with E-state index in [1.807, 2.05) is 12.4 Å². The summed E-state index contributed by atoms with van der Waals surface area (Å²) < 4.78 is 4.62. The molecule has 0 radical (unpaired) electrons. The molecule has 2 aliphatic heterocycles. The number of para-hydroxylation sites is 4. The van der Waals surface area contributed by atoms with Gasteiger partial charge in [0.1, 0.15) is 11.6 Å². The fraction of sp³-hybridized carbons (Fsp3) is 0.294. The van der Waals surface area contributed by atoms with Gasteiger partial charge >= 0.3 is 0 Å². The third kappa shape index (κ3) is 21.0. The van der Waals surface area contributed by atoms with Gasteiger partial charge in [-0.1, -0.05) is 391 Å². The van der Waals surface area contributed by atoms with Gasteiger partial charge in [0, 0.05) is 125 Å². The van der Waals surface area contributed by atoms with Gasteiger partial charge in [-0.2, -0.15) is 18.2 Å². The monoisotopic (exact) mass is 2310 g/mol. The van der Waals surface area contributed by atoms with Crippen molar-refractivity contribution in [3.63, 3.8) is 0 Å². The number of aromatic nitrogens is 4. The molecule has 0 atom stereocenters. The van der Waals surface area contributed by atoms with Crippen molar-refractivity contribution in [2.45, 2.75) is 248 Å². The first-order chi connectivity index (χ1) is 68.7. The molecule has 4 aromatic heterocycles. The molecule has 18 aromatic rings. The van der Waals surface area contributed by atoms with Gasteiger partial charge in [-0.3, -0.25) is 0 Å². The fourth-order valence-corrected chi connectivity index (χ4v) is 20.4. The van der Waals surface area contributed by atoms with Crippen LogP contribution >= 0.6 is 0 Å². The normalized spacial score (nSPS) is 13.4. The summed E-state index contributed by atoms with van der Waals surface area (Å²) in [4.78, 5) is 24.0. The van der Waals surface area contributed by atoms with Gasteiger partial charge in [0.25, 0.3) is 0 Å². The minimum Gasteiger partial charge on any atom is -0.493 e. The van der Waals surface area contributed by atoms with Crippen LogP contribution in [0, 0.1) is 37.6 Å². The predicted molar refractivity (Wildman–Crippen MR) is 622 cm³/mol. The van der Waals surface area contributed by atoms with Gasteiger partial charge in [0.05, 0.1) is 0 Å². The zero-order valence-electron chi connectivity index (χ0n) is 92.3. The van der Waals surface area contributed by atoms with Crippen LogP contribution in [-0.2, 0) is 96.3 Å². The molecule has 0 N–H and O–H groups in total. The molecular weight excluding hydrogens is 2160 g/mol. The van der Waals surface area contributed by atoms with Crippen LogP contribution in [0.3, 0.4) is 0 Å². The average Bonchev–Trinajstić information content (AvgIpc) is 1.60. The molecule has 764 valence electrons. The Morgan fingerprint density at radius 2 is 0.561 bits per heavy atom. The summed E-state index contributed by atoms with van der Waals surface area (Å²) >= 11 is 0. The number of benzene rings is 14. The summed E-state index contributed by atoms with van der Waals surface area (Å²) in [5.41, 5.74) is 36.2. The molecule has 20 rings (SSSR count). The van der Waals surface area contributed by atoms with Crippen molar-refractivity contribution in [3.8, 4) is 33.9 Å². The van der Waals surface area contributed by atoms with E-state index >= 15 is 0 Å². The van der Waals surface area contributed by atoms with Crippen LogP contribution in [0.25, 0.3) is 77.5 Å². The minimum atomic E-state index is -0.250. The largest absolute Gasteiger partial charge is 0.493 e. The number of fused-ring (bicyclic) bond motifs is 8. The quantitative estimate of drug-likeness (QED) is 0.0887. The topological polar surface area (TPSA) is 55.1 Å². The van der Waals surface area contributed by atoms with Gasteiger partial charge < -0.3 is 38.5 Å². The first kappa shape index (κ1) is 106. The number of hydrogen-bond acceptors (Lipinski definition) is 8. The third-order valence-electron chi connectivity index (χ3n) is 30.3. The molecular formula is C136H144N10Pt2-6. The molecule has 0 amide bonds. The Hall–Kier alpha value is -12.8. The Balaban J connectivity index is 0.000000199. The van der Waals surface area contributed by atoms with Crippen molar-refractivity contribution in [1.29, 1.82) is 0 Å². The summed E-state index contributed by atoms with van der Waals surface area (Å²) in [5.74, 6) is 1.72. The zero-order chi connectivity index (χ0) is 104. The van der Waals surface area contributed by atoms with Crippen LogP contribution in [0.2, 0.25) is 0 Å². The minimum absolute atomic E-state index is 0. The van der Waals surface area contributed by atoms with E-state index in [2.05, 4.69) is 587 Å². The maximum absolute atomic E-state index is 5.13. The Labute approximate surface area is 911 Å². The van der Waals surface area contributed by atoms with Crippen molar-refractivity contribution in [1.82, 2.24) is 19.1 Å². The van der Waals surface area contributed by atoms with E-state index in [1.165, 1.54) is 89.0 Å². The second kappa shape index (κ2) is 39.6. The molecule has 148 heavy (non-hydrogen) atoms. The van der Waals surface area contributed by atoms with E-state index in [0.29, 0.717) is 0 Å². The Morgan fingerprint density at radius 1 is 0.230 bits per heavy atom. The number of anilines is 12. The first-order valence-corrected chi connectivity index (χ1v) is 52.0. The number of rotatable bonds is 16. The van der Waals surface area contributed by atoms with Crippen LogP contribution in [-0.4, -0.2) is 33.2 Å². The number of pyridine rings is 2. The molecule has 0 bridgehead atoms. The van der Waals surface area contributed by atoms with Crippen molar-refractivity contribution < 1.29 is 42.1 Å². The fourth-order valence-electron chi connectivity index (χ4n) is 20.4. The van der Waals surface area contributed by atoms with E-state index in [-0.39, 0.29) is 96.3 Å². The van der Waals surface area contributed by atoms with Gasteiger partial charge in [0.15, 0.2) is 0 Å². The zero-order valence-corrected chi connectivity index (χ0v) is 96.8. The summed E-state index contributed by atoms with van der Waals surface area (Å²) in [6.45, 7) is 68.8. The smallest absolute Gasteiger partial charge is 0.135 e. The molecule has 2 aliphatic rings. The van der Waals surface area contributed by atoms with E-state index in [0.717, 1.165) is 123 Å². The summed E-state index contributed by atoms with van der Waals surface area (Å²) in [6.07, 6.45) is 3.92. The van der Waals surface area contributed by atoms with Gasteiger partial charge in [-0.25, -0.2) is 9.97 Å². The molecule has 0 saturated carbocycles. The number of nitrogens with zero attached hydrogens (tertiary/aromatic N) is 10. The van der Waals surface area contributed by atoms with E-state index in [1.54, 1.807) is 0 Å². The molecule has 10 nitrogen and oxygen atoms in total. The maximum Gasteiger partial charge on any atom is 0.135 e. The van der Waals surface area contributed by atoms with Crippen LogP contribution in [0.4, 0.5) is 68.2 Å². The van der Waals surface area contributed by atoms with Crippen molar-refractivity contribution >= 4 is 112 Å².